The first-order chi connectivity index (χ1) is 9.61. The molecule has 0 amide bonds. The molecule has 0 aliphatic rings. The highest BCUT2D eigenvalue weighted by atomic mass is 79.9. The summed E-state index contributed by atoms with van der Waals surface area (Å²) in [6.07, 6.45) is 1.02. The van der Waals surface area contributed by atoms with Crippen molar-refractivity contribution in [2.45, 2.75) is 13.3 Å². The van der Waals surface area contributed by atoms with E-state index in [1.165, 1.54) is 0 Å². The van der Waals surface area contributed by atoms with Crippen molar-refractivity contribution >= 4 is 27.8 Å². The highest BCUT2D eigenvalue weighted by Crippen LogP contribution is 2.26. The Labute approximate surface area is 127 Å². The number of anilines is 2. The Balaban J connectivity index is 2.46. The monoisotopic (exact) mass is 335 g/mol. The molecule has 0 atom stereocenters. The van der Waals surface area contributed by atoms with Gasteiger partial charge in [0.25, 0.3) is 0 Å². The second-order valence-electron chi connectivity index (χ2n) is 4.58. The van der Waals surface area contributed by atoms with E-state index in [4.69, 9.17) is 0 Å². The Hall–Kier alpha value is -1.69. The molecule has 2 aromatic rings. The van der Waals surface area contributed by atoms with Gasteiger partial charge in [0, 0.05) is 30.7 Å². The van der Waals surface area contributed by atoms with Crippen molar-refractivity contribution in [1.29, 1.82) is 0 Å². The molecule has 1 N–H and O–H groups in total. The molecule has 106 valence electrons. The molecule has 1 aromatic carbocycles. The van der Waals surface area contributed by atoms with Gasteiger partial charge in [-0.1, -0.05) is 41.1 Å². The molecule has 0 aliphatic carbocycles. The van der Waals surface area contributed by atoms with E-state index in [-0.39, 0.29) is 0 Å². The normalized spacial score (nSPS) is 10.4. The van der Waals surface area contributed by atoms with Crippen molar-refractivity contribution < 1.29 is 0 Å². The Morgan fingerprint density at radius 3 is 2.55 bits per heavy atom. The van der Waals surface area contributed by atoms with Gasteiger partial charge in [-0.3, -0.25) is 0 Å². The molecule has 0 fully saturated rings. The minimum absolute atomic E-state index is 0.608. The van der Waals surface area contributed by atoms with Crippen LogP contribution in [0.3, 0.4) is 0 Å². The van der Waals surface area contributed by atoms with E-state index >= 15 is 0 Å². The van der Waals surface area contributed by atoms with Crippen molar-refractivity contribution in [3.8, 4) is 11.4 Å². The molecule has 0 spiro atoms. The van der Waals surface area contributed by atoms with E-state index in [1.807, 2.05) is 43.3 Å². The molecule has 20 heavy (non-hydrogen) atoms. The van der Waals surface area contributed by atoms with E-state index in [9.17, 15) is 0 Å². The zero-order valence-corrected chi connectivity index (χ0v) is 13.5. The summed E-state index contributed by atoms with van der Waals surface area (Å²) < 4.78 is 0.970. The molecule has 0 saturated carbocycles. The number of halogens is 1. The summed E-state index contributed by atoms with van der Waals surface area (Å²) in [5, 5.41) is 3.22. The molecule has 0 unspecified atom stereocenters. The van der Waals surface area contributed by atoms with Crippen molar-refractivity contribution in [3.63, 3.8) is 0 Å². The largest absolute Gasteiger partial charge is 0.354 e. The van der Waals surface area contributed by atoms with Gasteiger partial charge in [-0.2, -0.15) is 15.0 Å². The van der Waals surface area contributed by atoms with Crippen LogP contribution >= 0.6 is 15.9 Å². The van der Waals surface area contributed by atoms with Crippen LogP contribution in [0.4, 0.5) is 11.9 Å². The van der Waals surface area contributed by atoms with Gasteiger partial charge in [-0.25, -0.2) is 0 Å². The van der Waals surface area contributed by atoms with E-state index in [1.54, 1.807) is 0 Å². The Bertz CT molecular complexity index is 586. The maximum atomic E-state index is 4.51. The number of aromatic nitrogens is 3. The zero-order valence-electron chi connectivity index (χ0n) is 11.9. The van der Waals surface area contributed by atoms with Crippen LogP contribution in [0.1, 0.15) is 13.3 Å². The fraction of sp³-hybridized carbons (Fsp3) is 0.357. The first kappa shape index (κ1) is 14.7. The number of rotatable bonds is 5. The summed E-state index contributed by atoms with van der Waals surface area (Å²) >= 11 is 3.54. The predicted molar refractivity (Wildman–Crippen MR) is 86.1 cm³/mol. The number of hydrogen-bond donors (Lipinski definition) is 1. The van der Waals surface area contributed by atoms with Crippen LogP contribution in [0.5, 0.6) is 0 Å². The molecular weight excluding hydrogens is 318 g/mol. The molecule has 0 bridgehead atoms. The van der Waals surface area contributed by atoms with Gasteiger partial charge < -0.3 is 10.2 Å². The van der Waals surface area contributed by atoms with Crippen LogP contribution in [0.2, 0.25) is 0 Å². The minimum atomic E-state index is 0.608. The second-order valence-corrected chi connectivity index (χ2v) is 5.44. The second kappa shape index (κ2) is 6.65. The Kier molecular flexibility index (Phi) is 4.89. The molecule has 0 saturated heterocycles. The predicted octanol–water partition coefficient (Wildman–Crippen LogP) is 3.19. The minimum Gasteiger partial charge on any atom is -0.354 e. The van der Waals surface area contributed by atoms with Crippen LogP contribution in [-0.2, 0) is 0 Å². The quantitative estimate of drug-likeness (QED) is 0.909. The summed E-state index contributed by atoms with van der Waals surface area (Å²) in [7, 11) is 3.84. The highest BCUT2D eigenvalue weighted by Gasteiger charge is 2.11. The van der Waals surface area contributed by atoms with Gasteiger partial charge in [0.1, 0.15) is 0 Å². The first-order valence-corrected chi connectivity index (χ1v) is 7.33. The highest BCUT2D eigenvalue weighted by molar-refractivity contribution is 9.10. The zero-order chi connectivity index (χ0) is 14.5. The maximum Gasteiger partial charge on any atom is 0.230 e. The van der Waals surface area contributed by atoms with Crippen molar-refractivity contribution in [2.75, 3.05) is 30.9 Å². The number of nitrogens with zero attached hydrogens (tertiary/aromatic N) is 4. The van der Waals surface area contributed by atoms with Gasteiger partial charge in [-0.05, 0) is 12.5 Å². The van der Waals surface area contributed by atoms with Crippen LogP contribution < -0.4 is 10.2 Å². The first-order valence-electron chi connectivity index (χ1n) is 6.54. The van der Waals surface area contributed by atoms with Crippen molar-refractivity contribution in [1.82, 2.24) is 15.0 Å². The molecule has 2 rings (SSSR count). The number of nitrogens with one attached hydrogen (secondary N) is 1. The molecular formula is C14H18BrN5. The molecule has 5 nitrogen and oxygen atoms in total. The Morgan fingerprint density at radius 2 is 1.90 bits per heavy atom. The number of benzene rings is 1. The third kappa shape index (κ3) is 3.45. The van der Waals surface area contributed by atoms with E-state index in [0.717, 1.165) is 23.0 Å². The average molecular weight is 336 g/mol. The lowest BCUT2D eigenvalue weighted by Crippen LogP contribution is -2.16. The van der Waals surface area contributed by atoms with Crippen molar-refractivity contribution in [3.05, 3.63) is 28.7 Å². The fourth-order valence-electron chi connectivity index (χ4n) is 1.64. The molecule has 0 radical (unpaired) electrons. The summed E-state index contributed by atoms with van der Waals surface area (Å²) in [4.78, 5) is 15.3. The molecule has 6 heteroatoms. The fourth-order valence-corrected chi connectivity index (χ4v) is 2.11. The van der Waals surface area contributed by atoms with Gasteiger partial charge >= 0.3 is 0 Å². The van der Waals surface area contributed by atoms with Crippen LogP contribution in [-0.4, -0.2) is 35.6 Å². The van der Waals surface area contributed by atoms with Gasteiger partial charge in [0.05, 0.1) is 0 Å². The van der Waals surface area contributed by atoms with Crippen molar-refractivity contribution in [2.24, 2.45) is 0 Å². The summed E-state index contributed by atoms with van der Waals surface area (Å²) in [6.45, 7) is 2.95. The lowest BCUT2D eigenvalue weighted by Gasteiger charge is -2.13. The molecule has 1 heterocycles. The summed E-state index contributed by atoms with van der Waals surface area (Å²) in [6, 6.07) is 7.91. The Morgan fingerprint density at radius 1 is 1.15 bits per heavy atom. The van der Waals surface area contributed by atoms with Gasteiger partial charge in [-0.15, -0.1) is 0 Å². The summed E-state index contributed by atoms with van der Waals surface area (Å²) in [5.41, 5.74) is 0.956. The average Bonchev–Trinajstić information content (AvgIpc) is 2.45. The van der Waals surface area contributed by atoms with E-state index in [0.29, 0.717) is 17.7 Å². The van der Waals surface area contributed by atoms with Crippen LogP contribution in [0.25, 0.3) is 11.4 Å². The van der Waals surface area contributed by atoms with Crippen LogP contribution in [0.15, 0.2) is 28.7 Å². The topological polar surface area (TPSA) is 53.9 Å². The van der Waals surface area contributed by atoms with Gasteiger partial charge in [0.2, 0.25) is 11.9 Å². The lowest BCUT2D eigenvalue weighted by molar-refractivity contribution is 0.919. The molecule has 1 aromatic heterocycles. The SMILES string of the molecule is CCCNc1nc(-c2ccccc2Br)nc(N(C)C)n1. The third-order valence-corrected chi connectivity index (χ3v) is 3.36. The smallest absolute Gasteiger partial charge is 0.230 e. The number of hydrogen-bond acceptors (Lipinski definition) is 5. The van der Waals surface area contributed by atoms with E-state index in [2.05, 4.69) is 43.1 Å². The third-order valence-electron chi connectivity index (χ3n) is 2.67. The maximum absolute atomic E-state index is 4.51. The standard InChI is InChI=1S/C14H18BrN5/c1-4-9-16-13-17-12(18-14(19-13)20(2)3)10-7-5-6-8-11(10)15/h5-8H,4,9H2,1-3H3,(H,16,17,18,19). The van der Waals surface area contributed by atoms with E-state index < -0.39 is 0 Å². The lowest BCUT2D eigenvalue weighted by atomic mass is 10.2. The summed E-state index contributed by atoms with van der Waals surface area (Å²) in [5.74, 6) is 1.91. The van der Waals surface area contributed by atoms with Gasteiger partial charge in [0.15, 0.2) is 5.82 Å². The molecule has 0 aliphatic heterocycles. The van der Waals surface area contributed by atoms with Crippen LogP contribution in [0, 0.1) is 0 Å².